The van der Waals surface area contributed by atoms with E-state index in [1.54, 1.807) is 0 Å². The first-order valence-corrected chi connectivity index (χ1v) is 5.13. The fourth-order valence-corrected chi connectivity index (χ4v) is 1.50. The summed E-state index contributed by atoms with van der Waals surface area (Å²) in [6.45, 7) is 0. The first kappa shape index (κ1) is 10.5. The second-order valence-electron chi connectivity index (χ2n) is 2.54. The van der Waals surface area contributed by atoms with E-state index < -0.39 is 16.0 Å². The second kappa shape index (κ2) is 4.08. The number of hydrogen-bond acceptors (Lipinski definition) is 3. The van der Waals surface area contributed by atoms with Crippen LogP contribution in [0, 0.1) is 0 Å². The van der Waals surface area contributed by atoms with Crippen LogP contribution in [0.5, 0.6) is 0 Å². The molecule has 0 saturated heterocycles. The highest BCUT2D eigenvalue weighted by Gasteiger charge is 2.07. The summed E-state index contributed by atoms with van der Waals surface area (Å²) in [6.07, 6.45) is 0. The van der Waals surface area contributed by atoms with Gasteiger partial charge in [0.05, 0.1) is 0 Å². The SMILES string of the molecule is [N-]=[N+]=Nc1ccc(CS(=O)(=O)F)cc1. The lowest BCUT2D eigenvalue weighted by Gasteiger charge is -1.96. The van der Waals surface area contributed by atoms with Crippen molar-refractivity contribution in [3.05, 3.63) is 40.3 Å². The third kappa shape index (κ3) is 3.42. The number of azide groups is 1. The van der Waals surface area contributed by atoms with Crippen molar-refractivity contribution in [1.82, 2.24) is 0 Å². The topological polar surface area (TPSA) is 82.9 Å². The minimum atomic E-state index is -4.51. The molecule has 0 spiro atoms. The van der Waals surface area contributed by atoms with Crippen LogP contribution in [0.15, 0.2) is 29.4 Å². The van der Waals surface area contributed by atoms with Gasteiger partial charge >= 0.3 is 10.2 Å². The minimum Gasteiger partial charge on any atom is -0.194 e. The van der Waals surface area contributed by atoms with Gasteiger partial charge in [0.2, 0.25) is 0 Å². The fraction of sp³-hybridized carbons (Fsp3) is 0.143. The van der Waals surface area contributed by atoms with Gasteiger partial charge in [-0.2, -0.15) is 8.42 Å². The van der Waals surface area contributed by atoms with Crippen LogP contribution in [0.2, 0.25) is 0 Å². The number of nitrogens with zero attached hydrogens (tertiary/aromatic N) is 3. The molecule has 74 valence electrons. The molecule has 1 rings (SSSR count). The highest BCUT2D eigenvalue weighted by Crippen LogP contribution is 2.15. The molecular formula is C7H6FN3O2S. The van der Waals surface area contributed by atoms with E-state index in [1.807, 2.05) is 0 Å². The first-order valence-electron chi connectivity index (χ1n) is 3.57. The van der Waals surface area contributed by atoms with E-state index in [9.17, 15) is 12.3 Å². The van der Waals surface area contributed by atoms with Crippen LogP contribution in [-0.2, 0) is 16.0 Å². The average Bonchev–Trinajstić information content (AvgIpc) is 2.06. The van der Waals surface area contributed by atoms with Gasteiger partial charge in [-0.15, -0.1) is 3.89 Å². The van der Waals surface area contributed by atoms with Crippen LogP contribution in [0.3, 0.4) is 0 Å². The molecule has 0 aliphatic carbocycles. The molecule has 0 heterocycles. The van der Waals surface area contributed by atoms with Gasteiger partial charge in [0, 0.05) is 10.6 Å². The summed E-state index contributed by atoms with van der Waals surface area (Å²) in [5.41, 5.74) is 8.74. The van der Waals surface area contributed by atoms with Crippen LogP contribution < -0.4 is 0 Å². The molecule has 0 fully saturated rings. The maximum atomic E-state index is 12.2. The van der Waals surface area contributed by atoms with Crippen molar-refractivity contribution in [2.45, 2.75) is 5.75 Å². The lowest BCUT2D eigenvalue weighted by atomic mass is 10.2. The third-order valence-electron chi connectivity index (χ3n) is 1.44. The Bertz CT molecular complexity index is 462. The van der Waals surface area contributed by atoms with Gasteiger partial charge in [0.15, 0.2) is 0 Å². The predicted octanol–water partition coefficient (Wildman–Crippen LogP) is 2.43. The molecule has 0 N–H and O–H groups in total. The summed E-state index contributed by atoms with van der Waals surface area (Å²) in [5, 5.41) is 3.28. The molecule has 0 aliphatic rings. The molecule has 1 aromatic carbocycles. The standard InChI is InChI=1S/C7H6FN3O2S/c8-14(12,13)5-6-1-3-7(4-2-6)10-11-9/h1-4H,5H2. The zero-order valence-corrected chi connectivity index (χ0v) is 7.78. The Kier molecular flexibility index (Phi) is 3.06. The van der Waals surface area contributed by atoms with Gasteiger partial charge < -0.3 is 0 Å². The van der Waals surface area contributed by atoms with Gasteiger partial charge in [-0.25, -0.2) is 0 Å². The van der Waals surface area contributed by atoms with E-state index in [0.717, 1.165) is 0 Å². The van der Waals surface area contributed by atoms with Gasteiger partial charge in [-0.3, -0.25) is 0 Å². The Labute approximate surface area is 80.0 Å². The van der Waals surface area contributed by atoms with E-state index >= 15 is 0 Å². The largest absolute Gasteiger partial charge is 0.306 e. The Balaban J connectivity index is 2.89. The summed E-state index contributed by atoms with van der Waals surface area (Å²) in [5.74, 6) is -0.663. The van der Waals surface area contributed by atoms with Crippen LogP contribution in [0.1, 0.15) is 5.56 Å². The van der Waals surface area contributed by atoms with E-state index in [-0.39, 0.29) is 0 Å². The van der Waals surface area contributed by atoms with Crippen LogP contribution in [-0.4, -0.2) is 8.42 Å². The van der Waals surface area contributed by atoms with Crippen molar-refractivity contribution in [2.24, 2.45) is 5.11 Å². The van der Waals surface area contributed by atoms with E-state index in [4.69, 9.17) is 5.53 Å². The van der Waals surface area contributed by atoms with Gasteiger partial charge in [-0.05, 0) is 11.1 Å². The predicted molar refractivity (Wildman–Crippen MR) is 49.0 cm³/mol. The molecule has 0 radical (unpaired) electrons. The van der Waals surface area contributed by atoms with Crippen molar-refractivity contribution in [2.75, 3.05) is 0 Å². The molecule has 0 aliphatic heterocycles. The summed E-state index contributed by atoms with van der Waals surface area (Å²) >= 11 is 0. The Hall–Kier alpha value is -1.59. The normalized spacial score (nSPS) is 10.6. The van der Waals surface area contributed by atoms with Crippen molar-refractivity contribution >= 4 is 15.9 Å². The van der Waals surface area contributed by atoms with Gasteiger partial charge in [-0.1, -0.05) is 29.4 Å². The van der Waals surface area contributed by atoms with Crippen molar-refractivity contribution in [3.8, 4) is 0 Å². The molecule has 0 saturated carbocycles. The molecular weight excluding hydrogens is 209 g/mol. The number of hydrogen-bond donors (Lipinski definition) is 0. The molecule has 5 nitrogen and oxygen atoms in total. The molecule has 7 heteroatoms. The van der Waals surface area contributed by atoms with Crippen LogP contribution >= 0.6 is 0 Å². The van der Waals surface area contributed by atoms with Gasteiger partial charge in [0.1, 0.15) is 5.75 Å². The van der Waals surface area contributed by atoms with Gasteiger partial charge in [0.25, 0.3) is 0 Å². The Morgan fingerprint density at radius 3 is 2.36 bits per heavy atom. The highest BCUT2D eigenvalue weighted by atomic mass is 32.3. The Morgan fingerprint density at radius 2 is 1.93 bits per heavy atom. The lowest BCUT2D eigenvalue weighted by molar-refractivity contribution is 0.551. The van der Waals surface area contributed by atoms with E-state index in [0.29, 0.717) is 11.3 Å². The summed E-state index contributed by atoms with van der Waals surface area (Å²) in [4.78, 5) is 2.54. The molecule has 0 atom stereocenters. The quantitative estimate of drug-likeness (QED) is 0.335. The number of rotatable bonds is 3. The fourth-order valence-electron chi connectivity index (χ4n) is 0.910. The molecule has 14 heavy (non-hydrogen) atoms. The lowest BCUT2D eigenvalue weighted by Crippen LogP contribution is -1.95. The second-order valence-corrected chi connectivity index (χ2v) is 3.91. The summed E-state index contributed by atoms with van der Waals surface area (Å²) in [6, 6.07) is 5.61. The molecule has 0 aromatic heterocycles. The minimum absolute atomic E-state index is 0.310. The van der Waals surface area contributed by atoms with Crippen LogP contribution in [0.4, 0.5) is 9.57 Å². The molecule has 0 amide bonds. The number of halogens is 1. The smallest absolute Gasteiger partial charge is 0.194 e. The third-order valence-corrected chi connectivity index (χ3v) is 2.11. The molecule has 0 bridgehead atoms. The maximum Gasteiger partial charge on any atom is 0.306 e. The maximum absolute atomic E-state index is 12.2. The van der Waals surface area contributed by atoms with E-state index in [1.165, 1.54) is 24.3 Å². The summed E-state index contributed by atoms with van der Waals surface area (Å²) in [7, 11) is -4.51. The zero-order valence-electron chi connectivity index (χ0n) is 6.96. The zero-order chi connectivity index (χ0) is 10.6. The molecule has 1 aromatic rings. The van der Waals surface area contributed by atoms with Crippen molar-refractivity contribution in [1.29, 1.82) is 0 Å². The Morgan fingerprint density at radius 1 is 1.36 bits per heavy atom. The van der Waals surface area contributed by atoms with E-state index in [2.05, 4.69) is 10.0 Å². The average molecular weight is 215 g/mol. The number of benzene rings is 1. The van der Waals surface area contributed by atoms with Crippen molar-refractivity contribution < 1.29 is 12.3 Å². The molecule has 0 unspecified atom stereocenters. The van der Waals surface area contributed by atoms with Crippen LogP contribution in [0.25, 0.3) is 10.4 Å². The highest BCUT2D eigenvalue weighted by molar-refractivity contribution is 7.85. The first-order chi connectivity index (χ1) is 6.51. The van der Waals surface area contributed by atoms with Crippen molar-refractivity contribution in [3.63, 3.8) is 0 Å². The summed E-state index contributed by atoms with van der Waals surface area (Å²) < 4.78 is 32.7. The monoisotopic (exact) mass is 215 g/mol.